The van der Waals surface area contributed by atoms with Crippen molar-refractivity contribution in [3.8, 4) is 11.5 Å². The molecule has 1 aliphatic heterocycles. The van der Waals surface area contributed by atoms with Gasteiger partial charge in [-0.15, -0.1) is 0 Å². The highest BCUT2D eigenvalue weighted by Gasteiger charge is 2.63. The summed E-state index contributed by atoms with van der Waals surface area (Å²) in [5, 5.41) is 5.72. The lowest BCUT2D eigenvalue weighted by atomic mass is 9.79. The molecule has 3 fully saturated rings. The van der Waals surface area contributed by atoms with Crippen LogP contribution in [0.5, 0.6) is 11.5 Å². The fourth-order valence-corrected chi connectivity index (χ4v) is 5.43. The van der Waals surface area contributed by atoms with Gasteiger partial charge < -0.3 is 24.8 Å². The Morgan fingerprint density at radius 3 is 2.66 bits per heavy atom. The van der Waals surface area contributed by atoms with Crippen molar-refractivity contribution in [2.24, 2.45) is 23.7 Å². The number of carbonyl (C=O) groups excluding carboxylic acids is 3. The molecule has 3 aliphatic rings. The van der Waals surface area contributed by atoms with E-state index in [1.165, 1.54) is 7.11 Å². The van der Waals surface area contributed by atoms with Crippen molar-refractivity contribution >= 4 is 29.2 Å². The van der Waals surface area contributed by atoms with Crippen LogP contribution in [-0.4, -0.2) is 38.1 Å². The molecule has 2 saturated carbocycles. The third-order valence-electron chi connectivity index (χ3n) is 6.83. The van der Waals surface area contributed by atoms with Gasteiger partial charge in [0.1, 0.15) is 17.6 Å². The van der Waals surface area contributed by atoms with E-state index in [1.807, 2.05) is 0 Å². The third-order valence-corrected chi connectivity index (χ3v) is 6.83. The van der Waals surface area contributed by atoms with Gasteiger partial charge in [-0.05, 0) is 49.1 Å². The lowest BCUT2D eigenvalue weighted by Gasteiger charge is -2.23. The highest BCUT2D eigenvalue weighted by atomic mass is 16.6. The number of nitrogens with one attached hydrogen (secondary N) is 2. The lowest BCUT2D eigenvalue weighted by Crippen LogP contribution is -2.35. The Bertz CT molecular complexity index is 1100. The van der Waals surface area contributed by atoms with Crippen LogP contribution in [0.25, 0.3) is 0 Å². The van der Waals surface area contributed by atoms with Crippen LogP contribution in [-0.2, 0) is 14.3 Å². The maximum atomic E-state index is 13.0. The molecule has 2 bridgehead atoms. The van der Waals surface area contributed by atoms with Gasteiger partial charge in [-0.25, -0.2) is 0 Å². The molecule has 5 rings (SSSR count). The van der Waals surface area contributed by atoms with Crippen LogP contribution in [0.4, 0.5) is 11.4 Å². The number of esters is 1. The number of rotatable bonds is 6. The summed E-state index contributed by atoms with van der Waals surface area (Å²) in [6.07, 6.45) is 1.61. The molecule has 5 atom stereocenters. The van der Waals surface area contributed by atoms with Crippen LogP contribution < -0.4 is 20.1 Å². The number of amides is 2. The van der Waals surface area contributed by atoms with Gasteiger partial charge in [-0.2, -0.15) is 0 Å². The minimum atomic E-state index is -0.371. The van der Waals surface area contributed by atoms with Crippen LogP contribution in [0.1, 0.15) is 23.2 Å². The first kappa shape index (κ1) is 20.4. The second-order valence-corrected chi connectivity index (χ2v) is 8.51. The highest BCUT2D eigenvalue weighted by molar-refractivity contribution is 6.06. The number of anilines is 2. The standard InChI is InChI=1S/C24H24N2O6/c1-30-15-6-7-18(31-2)17(11-15)26-22(27)12-4-3-5-14(8-12)25-23(28)20-13-9-16-19(10-13)32-24(29)21(16)20/h3-8,11,13,16,19-21H,9-10H2,1-2H3,(H,25,28)(H,26,27)/t13-,16-,19+,20-,21-/m0/s1. The molecule has 2 aromatic rings. The van der Waals surface area contributed by atoms with Gasteiger partial charge in [-0.3, -0.25) is 14.4 Å². The number of ether oxygens (including phenoxy) is 3. The second kappa shape index (κ2) is 7.85. The van der Waals surface area contributed by atoms with E-state index < -0.39 is 0 Å². The summed E-state index contributed by atoms with van der Waals surface area (Å²) in [5.41, 5.74) is 1.36. The molecule has 2 amide bonds. The number of hydrogen-bond donors (Lipinski definition) is 2. The molecule has 2 aliphatic carbocycles. The maximum absolute atomic E-state index is 13.0. The minimum absolute atomic E-state index is 0.0119. The van der Waals surface area contributed by atoms with Gasteiger partial charge in [0.05, 0.1) is 31.7 Å². The first-order valence-corrected chi connectivity index (χ1v) is 10.6. The Labute approximate surface area is 185 Å². The number of carbonyl (C=O) groups is 3. The predicted molar refractivity (Wildman–Crippen MR) is 116 cm³/mol. The first-order valence-electron chi connectivity index (χ1n) is 10.6. The van der Waals surface area contributed by atoms with E-state index in [0.717, 1.165) is 12.8 Å². The molecule has 166 valence electrons. The Morgan fingerprint density at radius 2 is 1.88 bits per heavy atom. The molecule has 0 aromatic heterocycles. The van der Waals surface area contributed by atoms with Gasteiger partial charge in [0.2, 0.25) is 5.91 Å². The van der Waals surface area contributed by atoms with Crippen LogP contribution in [0.2, 0.25) is 0 Å². The molecule has 32 heavy (non-hydrogen) atoms. The van der Waals surface area contributed by atoms with Gasteiger partial charge >= 0.3 is 5.97 Å². The Balaban J connectivity index is 1.30. The van der Waals surface area contributed by atoms with Gasteiger partial charge in [0, 0.05) is 23.2 Å². The molecule has 0 unspecified atom stereocenters. The fraction of sp³-hybridized carbons (Fsp3) is 0.375. The first-order chi connectivity index (χ1) is 15.5. The van der Waals surface area contributed by atoms with E-state index in [2.05, 4.69) is 10.6 Å². The Kier molecular flexibility index (Phi) is 5.00. The van der Waals surface area contributed by atoms with Gasteiger partial charge in [-0.1, -0.05) is 6.07 Å². The van der Waals surface area contributed by atoms with Crippen molar-refractivity contribution in [2.45, 2.75) is 18.9 Å². The van der Waals surface area contributed by atoms with Crippen LogP contribution in [0.3, 0.4) is 0 Å². The van der Waals surface area contributed by atoms with Crippen molar-refractivity contribution in [1.29, 1.82) is 0 Å². The van der Waals surface area contributed by atoms with E-state index in [4.69, 9.17) is 14.2 Å². The quantitative estimate of drug-likeness (QED) is 0.675. The second-order valence-electron chi connectivity index (χ2n) is 8.51. The summed E-state index contributed by atoms with van der Waals surface area (Å²) >= 11 is 0. The average molecular weight is 436 g/mol. The zero-order chi connectivity index (χ0) is 22.4. The number of fused-ring (bicyclic) bond motifs is 1. The van der Waals surface area contributed by atoms with E-state index in [9.17, 15) is 14.4 Å². The predicted octanol–water partition coefficient (Wildman–Crippen LogP) is 3.09. The smallest absolute Gasteiger partial charge is 0.310 e. The van der Waals surface area contributed by atoms with E-state index >= 15 is 0 Å². The van der Waals surface area contributed by atoms with Gasteiger partial charge in [0.15, 0.2) is 0 Å². The fourth-order valence-electron chi connectivity index (χ4n) is 5.43. The molecule has 0 radical (unpaired) electrons. The van der Waals surface area contributed by atoms with Gasteiger partial charge in [0.25, 0.3) is 5.91 Å². The van der Waals surface area contributed by atoms with Crippen LogP contribution >= 0.6 is 0 Å². The van der Waals surface area contributed by atoms with Crippen LogP contribution in [0.15, 0.2) is 42.5 Å². The highest BCUT2D eigenvalue weighted by Crippen LogP contribution is 2.57. The van der Waals surface area contributed by atoms with Crippen LogP contribution in [0, 0.1) is 23.7 Å². The Morgan fingerprint density at radius 1 is 1.03 bits per heavy atom. The molecule has 2 aromatic carbocycles. The molecule has 2 N–H and O–H groups in total. The van der Waals surface area contributed by atoms with E-state index in [1.54, 1.807) is 49.6 Å². The summed E-state index contributed by atoms with van der Waals surface area (Å²) in [6.45, 7) is 0. The van der Waals surface area contributed by atoms with Crippen molar-refractivity contribution in [1.82, 2.24) is 0 Å². The van der Waals surface area contributed by atoms with Crippen molar-refractivity contribution < 1.29 is 28.6 Å². The maximum Gasteiger partial charge on any atom is 0.310 e. The summed E-state index contributed by atoms with van der Waals surface area (Å²) in [6, 6.07) is 11.8. The number of methoxy groups -OCH3 is 2. The van der Waals surface area contributed by atoms with Crippen molar-refractivity contribution in [3.63, 3.8) is 0 Å². The Hall–Kier alpha value is -3.55. The third kappa shape index (κ3) is 3.36. The topological polar surface area (TPSA) is 103 Å². The van der Waals surface area contributed by atoms with E-state index in [-0.39, 0.29) is 47.6 Å². The van der Waals surface area contributed by atoms with Crippen molar-refractivity contribution in [3.05, 3.63) is 48.0 Å². The summed E-state index contributed by atoms with van der Waals surface area (Å²) in [5.74, 6) is -0.0772. The number of hydrogen-bond acceptors (Lipinski definition) is 6. The average Bonchev–Trinajstić information content (AvgIpc) is 3.42. The number of benzene rings is 2. The summed E-state index contributed by atoms with van der Waals surface area (Å²) < 4.78 is 15.9. The summed E-state index contributed by atoms with van der Waals surface area (Å²) in [4.78, 5) is 38.1. The molecular weight excluding hydrogens is 412 g/mol. The SMILES string of the molecule is COc1ccc(OC)c(NC(=O)c2cccc(NC(=O)[C@H]3[C@H]4C[C@@H]5[C@@H]3C(=O)O[C@@H]5C4)c2)c1. The summed E-state index contributed by atoms with van der Waals surface area (Å²) in [7, 11) is 3.06. The molecular formula is C24H24N2O6. The minimum Gasteiger partial charge on any atom is -0.497 e. The zero-order valence-corrected chi connectivity index (χ0v) is 17.8. The lowest BCUT2D eigenvalue weighted by molar-refractivity contribution is -0.145. The monoisotopic (exact) mass is 436 g/mol. The molecule has 1 saturated heterocycles. The molecule has 8 heteroatoms. The largest absolute Gasteiger partial charge is 0.497 e. The molecule has 1 heterocycles. The van der Waals surface area contributed by atoms with E-state index in [0.29, 0.717) is 28.4 Å². The normalized spacial score (nSPS) is 27.1. The zero-order valence-electron chi connectivity index (χ0n) is 17.8. The van der Waals surface area contributed by atoms with Crippen molar-refractivity contribution in [2.75, 3.05) is 24.9 Å². The molecule has 0 spiro atoms. The molecule has 8 nitrogen and oxygen atoms in total.